The van der Waals surface area contributed by atoms with Gasteiger partial charge in [0.05, 0.1) is 25.6 Å². The molecule has 4 aromatic heterocycles. The van der Waals surface area contributed by atoms with Gasteiger partial charge in [-0.2, -0.15) is 0 Å². The average molecular weight is 443 g/mol. The zero-order valence-electron chi connectivity index (χ0n) is 18.0. The highest BCUT2D eigenvalue weighted by atomic mass is 16.5. The molecule has 0 radical (unpaired) electrons. The second-order valence-electron chi connectivity index (χ2n) is 7.54. The Morgan fingerprint density at radius 3 is 2.70 bits per heavy atom. The predicted octanol–water partition coefficient (Wildman–Crippen LogP) is 4.83. The van der Waals surface area contributed by atoms with E-state index >= 15 is 0 Å². The number of H-pyrrole nitrogens is 1. The van der Waals surface area contributed by atoms with E-state index in [2.05, 4.69) is 4.98 Å². The van der Waals surface area contributed by atoms with E-state index in [1.54, 1.807) is 20.3 Å². The molecule has 0 saturated heterocycles. The smallest absolute Gasteiger partial charge is 0.227 e. The fourth-order valence-electron chi connectivity index (χ4n) is 3.73. The Balaban J connectivity index is 1.68. The number of benzene rings is 1. The lowest BCUT2D eigenvalue weighted by atomic mass is 10.1. The zero-order valence-corrected chi connectivity index (χ0v) is 18.0. The lowest BCUT2D eigenvalue weighted by Crippen LogP contribution is -2.01. The van der Waals surface area contributed by atoms with Crippen LogP contribution < -0.4 is 10.2 Å². The van der Waals surface area contributed by atoms with E-state index in [0.717, 1.165) is 17.0 Å². The third kappa shape index (κ3) is 3.82. The van der Waals surface area contributed by atoms with Crippen LogP contribution in [-0.4, -0.2) is 26.8 Å². The van der Waals surface area contributed by atoms with Crippen LogP contribution in [0.1, 0.15) is 11.5 Å². The summed E-state index contributed by atoms with van der Waals surface area (Å²) in [5, 5.41) is 10.5. The van der Waals surface area contributed by atoms with E-state index in [1.165, 1.54) is 6.07 Å². The second kappa shape index (κ2) is 8.23. The number of hydrogen-bond donors (Lipinski definition) is 2. The lowest BCUT2D eigenvalue weighted by molar-refractivity contribution is 0.415. The molecule has 0 atom stereocenters. The number of aromatic amines is 1. The molecule has 8 nitrogen and oxygen atoms in total. The van der Waals surface area contributed by atoms with Gasteiger partial charge in [-0.05, 0) is 55.5 Å². The van der Waals surface area contributed by atoms with E-state index in [9.17, 15) is 9.90 Å². The van der Waals surface area contributed by atoms with Crippen molar-refractivity contribution in [1.29, 1.82) is 0 Å². The van der Waals surface area contributed by atoms with Gasteiger partial charge in [0.2, 0.25) is 11.2 Å². The van der Waals surface area contributed by atoms with Gasteiger partial charge in [-0.1, -0.05) is 0 Å². The van der Waals surface area contributed by atoms with Gasteiger partial charge in [-0.15, -0.1) is 0 Å². The van der Waals surface area contributed by atoms with Crippen molar-refractivity contribution in [2.75, 3.05) is 7.11 Å². The van der Waals surface area contributed by atoms with Crippen LogP contribution in [0.2, 0.25) is 0 Å². The summed E-state index contributed by atoms with van der Waals surface area (Å²) < 4.78 is 18.5. The third-order valence-electron chi connectivity index (χ3n) is 5.32. The predicted molar refractivity (Wildman–Crippen MR) is 122 cm³/mol. The van der Waals surface area contributed by atoms with Crippen LogP contribution in [-0.2, 0) is 6.54 Å². The van der Waals surface area contributed by atoms with E-state index in [1.807, 2.05) is 59.3 Å². The number of aryl methyl sites for hydroxylation is 1. The number of furan rings is 1. The molecular formula is C25H21N3O5. The van der Waals surface area contributed by atoms with Crippen LogP contribution >= 0.6 is 0 Å². The van der Waals surface area contributed by atoms with Gasteiger partial charge in [-0.3, -0.25) is 4.79 Å². The molecule has 0 aliphatic rings. The zero-order chi connectivity index (χ0) is 22.9. The molecular weight excluding hydrogens is 422 g/mol. The van der Waals surface area contributed by atoms with Gasteiger partial charge < -0.3 is 28.2 Å². The molecule has 4 heterocycles. The molecule has 2 N–H and O–H groups in total. The molecule has 5 aromatic rings. The number of aromatic nitrogens is 3. The summed E-state index contributed by atoms with van der Waals surface area (Å²) in [7, 11) is 1.60. The molecule has 0 aliphatic carbocycles. The first-order valence-corrected chi connectivity index (χ1v) is 10.3. The van der Waals surface area contributed by atoms with Crippen LogP contribution in [0, 0.1) is 6.92 Å². The molecule has 5 rings (SSSR count). The standard InChI is InChI=1S/C25H21N3O5/c1-15-13-20(29)23(30)24(33-15)22-21(16-7-9-17(31-2)10-8-16)26-25(27-22)19-6-3-11-28(19)14-18-5-4-12-32-18/h3-13,30H,14H2,1-2H3,(H,26,27). The van der Waals surface area contributed by atoms with Crippen molar-refractivity contribution in [2.24, 2.45) is 0 Å². The van der Waals surface area contributed by atoms with E-state index in [4.69, 9.17) is 18.6 Å². The topological polar surface area (TPSA) is 106 Å². The van der Waals surface area contributed by atoms with Crippen LogP contribution in [0.5, 0.6) is 11.5 Å². The number of methoxy groups -OCH3 is 1. The molecule has 8 heteroatoms. The Morgan fingerprint density at radius 2 is 1.97 bits per heavy atom. The van der Waals surface area contributed by atoms with Crippen LogP contribution in [0.15, 0.2) is 80.7 Å². The molecule has 166 valence electrons. The summed E-state index contributed by atoms with van der Waals surface area (Å²) in [5.74, 6) is 2.00. The van der Waals surface area contributed by atoms with E-state index < -0.39 is 11.2 Å². The molecule has 33 heavy (non-hydrogen) atoms. The first kappa shape index (κ1) is 20.4. The van der Waals surface area contributed by atoms with Gasteiger partial charge in [0.25, 0.3) is 0 Å². The summed E-state index contributed by atoms with van der Waals surface area (Å²) in [5.41, 5.74) is 1.98. The van der Waals surface area contributed by atoms with Crippen LogP contribution in [0.4, 0.5) is 0 Å². The van der Waals surface area contributed by atoms with E-state index in [-0.39, 0.29) is 5.76 Å². The van der Waals surface area contributed by atoms with Gasteiger partial charge in [0.1, 0.15) is 28.7 Å². The molecule has 0 unspecified atom stereocenters. The Hall–Kier alpha value is -4.46. The van der Waals surface area contributed by atoms with Gasteiger partial charge in [-0.25, -0.2) is 4.98 Å². The van der Waals surface area contributed by atoms with Gasteiger partial charge in [0.15, 0.2) is 11.6 Å². The summed E-state index contributed by atoms with van der Waals surface area (Å²) in [6.07, 6.45) is 3.56. The number of ether oxygens (including phenoxy) is 1. The largest absolute Gasteiger partial charge is 0.501 e. The first-order valence-electron chi connectivity index (χ1n) is 10.3. The van der Waals surface area contributed by atoms with Crippen LogP contribution in [0.3, 0.4) is 0 Å². The number of nitrogens with one attached hydrogen (secondary N) is 1. The highest BCUT2D eigenvalue weighted by Crippen LogP contribution is 2.37. The maximum Gasteiger partial charge on any atom is 0.227 e. The van der Waals surface area contributed by atoms with Crippen molar-refractivity contribution in [1.82, 2.24) is 14.5 Å². The third-order valence-corrected chi connectivity index (χ3v) is 5.32. The van der Waals surface area contributed by atoms with Gasteiger partial charge >= 0.3 is 0 Å². The maximum atomic E-state index is 12.3. The maximum absolute atomic E-state index is 12.3. The minimum Gasteiger partial charge on any atom is -0.501 e. The fourth-order valence-corrected chi connectivity index (χ4v) is 3.73. The minimum atomic E-state index is -0.522. The second-order valence-corrected chi connectivity index (χ2v) is 7.54. The molecule has 0 spiro atoms. The Kier molecular flexibility index (Phi) is 5.10. The van der Waals surface area contributed by atoms with Crippen molar-refractivity contribution < 1.29 is 18.7 Å². The summed E-state index contributed by atoms with van der Waals surface area (Å²) in [6.45, 7) is 2.18. The van der Waals surface area contributed by atoms with Gasteiger partial charge in [0, 0.05) is 17.8 Å². The molecule has 0 aliphatic heterocycles. The highest BCUT2D eigenvalue weighted by Gasteiger charge is 2.23. The quantitative estimate of drug-likeness (QED) is 0.389. The lowest BCUT2D eigenvalue weighted by Gasteiger charge is -2.06. The van der Waals surface area contributed by atoms with Crippen molar-refractivity contribution >= 4 is 0 Å². The normalized spacial score (nSPS) is 11.1. The molecule has 0 amide bonds. The fraction of sp³-hybridized carbons (Fsp3) is 0.120. The first-order chi connectivity index (χ1) is 16.0. The SMILES string of the molecule is COc1ccc(-c2nc(-c3cccn3Cc3ccco3)[nH]c2-c2oc(C)cc(=O)c2O)cc1. The number of aromatic hydroxyl groups is 1. The van der Waals surface area contributed by atoms with Crippen molar-refractivity contribution in [3.63, 3.8) is 0 Å². The Bertz CT molecular complexity index is 1460. The summed E-state index contributed by atoms with van der Waals surface area (Å²) in [6, 6.07) is 16.2. The van der Waals surface area contributed by atoms with Crippen molar-refractivity contribution in [3.8, 4) is 45.7 Å². The van der Waals surface area contributed by atoms with E-state index in [0.29, 0.717) is 35.3 Å². The molecule has 0 saturated carbocycles. The van der Waals surface area contributed by atoms with Crippen LogP contribution in [0.25, 0.3) is 34.2 Å². The van der Waals surface area contributed by atoms with Crippen molar-refractivity contribution in [3.05, 3.63) is 88.8 Å². The number of nitrogens with zero attached hydrogens (tertiary/aromatic N) is 2. The Morgan fingerprint density at radius 1 is 1.15 bits per heavy atom. The highest BCUT2D eigenvalue weighted by molar-refractivity contribution is 5.81. The monoisotopic (exact) mass is 443 g/mol. The average Bonchev–Trinajstić information content (AvgIpc) is 3.57. The number of rotatable bonds is 6. The molecule has 0 bridgehead atoms. The number of hydrogen-bond acceptors (Lipinski definition) is 6. The Labute approximate surface area is 188 Å². The molecule has 0 fully saturated rings. The molecule has 1 aromatic carbocycles. The summed E-state index contributed by atoms with van der Waals surface area (Å²) >= 11 is 0. The summed E-state index contributed by atoms with van der Waals surface area (Å²) in [4.78, 5) is 20.3. The minimum absolute atomic E-state index is 0.0358. The van der Waals surface area contributed by atoms with Crippen molar-refractivity contribution in [2.45, 2.75) is 13.5 Å². The number of imidazole rings is 1.